The van der Waals surface area contributed by atoms with Crippen molar-refractivity contribution in [2.45, 2.75) is 18.8 Å². The van der Waals surface area contributed by atoms with Crippen molar-refractivity contribution in [1.29, 1.82) is 0 Å². The second kappa shape index (κ2) is 6.89. The molecule has 1 N–H and O–H groups in total. The average Bonchev–Trinajstić information content (AvgIpc) is 2.28. The van der Waals surface area contributed by atoms with Crippen LogP contribution in [0.15, 0.2) is 24.3 Å². The Balaban J connectivity index is 2.79. The van der Waals surface area contributed by atoms with Gasteiger partial charge in [0.25, 0.3) is 0 Å². The van der Waals surface area contributed by atoms with E-state index in [1.54, 1.807) is 30.9 Å². The number of hydrogen-bond donors (Lipinski definition) is 1. The highest BCUT2D eigenvalue weighted by Crippen LogP contribution is 2.26. The lowest BCUT2D eigenvalue weighted by atomic mass is 10.0. The Hall–Kier alpha value is -0.880. The maximum absolute atomic E-state index is 12.1. The minimum Gasteiger partial charge on any atom is -0.406 e. The Labute approximate surface area is 109 Å². The molecule has 6 heteroatoms. The fourth-order valence-electron chi connectivity index (χ4n) is 1.64. The molecule has 102 valence electrons. The Kier molecular flexibility index (Phi) is 5.81. The molecule has 18 heavy (non-hydrogen) atoms. The Bertz CT molecular complexity index is 371. The van der Waals surface area contributed by atoms with Gasteiger partial charge in [-0.1, -0.05) is 12.1 Å². The van der Waals surface area contributed by atoms with Crippen LogP contribution in [-0.2, 0) is 0 Å². The van der Waals surface area contributed by atoms with E-state index in [0.717, 1.165) is 17.7 Å². The molecule has 0 aliphatic rings. The van der Waals surface area contributed by atoms with Crippen molar-refractivity contribution in [2.24, 2.45) is 0 Å². The molecule has 0 saturated carbocycles. The fraction of sp³-hybridized carbons (Fsp3) is 0.500. The highest BCUT2D eigenvalue weighted by atomic mass is 32.2. The third-order valence-electron chi connectivity index (χ3n) is 2.45. The van der Waals surface area contributed by atoms with Crippen molar-refractivity contribution in [1.82, 2.24) is 5.32 Å². The van der Waals surface area contributed by atoms with Gasteiger partial charge >= 0.3 is 6.36 Å². The zero-order valence-electron chi connectivity index (χ0n) is 10.3. The predicted molar refractivity (Wildman–Crippen MR) is 67.9 cm³/mol. The van der Waals surface area contributed by atoms with Crippen molar-refractivity contribution in [3.63, 3.8) is 0 Å². The standard InChI is InChI=1S/C12H16F3NOS/c1-16-11(6-7-18-2)9-4-3-5-10(8-9)17-12(13,14)15/h3-5,8,11,16H,6-7H2,1-2H3. The quantitative estimate of drug-likeness (QED) is 0.859. The number of benzene rings is 1. The van der Waals surface area contributed by atoms with Crippen LogP contribution in [0.1, 0.15) is 18.0 Å². The first-order chi connectivity index (χ1) is 8.46. The van der Waals surface area contributed by atoms with Gasteiger partial charge in [0.2, 0.25) is 0 Å². The van der Waals surface area contributed by atoms with Crippen molar-refractivity contribution in [3.05, 3.63) is 29.8 Å². The van der Waals surface area contributed by atoms with Gasteiger partial charge in [0.15, 0.2) is 0 Å². The first-order valence-electron chi connectivity index (χ1n) is 5.48. The van der Waals surface area contributed by atoms with Gasteiger partial charge in [0.05, 0.1) is 0 Å². The van der Waals surface area contributed by atoms with Crippen LogP contribution in [-0.4, -0.2) is 25.4 Å². The van der Waals surface area contributed by atoms with E-state index in [1.165, 1.54) is 12.1 Å². The summed E-state index contributed by atoms with van der Waals surface area (Å²) in [5.74, 6) is 0.764. The summed E-state index contributed by atoms with van der Waals surface area (Å²) in [4.78, 5) is 0. The van der Waals surface area contributed by atoms with Crippen molar-refractivity contribution in [2.75, 3.05) is 19.1 Å². The van der Waals surface area contributed by atoms with Crippen LogP contribution < -0.4 is 10.1 Å². The molecule has 1 atom stereocenters. The highest BCUT2D eigenvalue weighted by Gasteiger charge is 2.31. The lowest BCUT2D eigenvalue weighted by Gasteiger charge is -2.17. The maximum atomic E-state index is 12.1. The molecule has 0 radical (unpaired) electrons. The molecule has 0 aliphatic carbocycles. The van der Waals surface area contributed by atoms with Crippen molar-refractivity contribution < 1.29 is 17.9 Å². The minimum atomic E-state index is -4.65. The summed E-state index contributed by atoms with van der Waals surface area (Å²) in [6.07, 6.45) is -1.80. The van der Waals surface area contributed by atoms with Crippen LogP contribution in [0.3, 0.4) is 0 Å². The predicted octanol–water partition coefficient (Wildman–Crippen LogP) is 3.60. The number of alkyl halides is 3. The summed E-state index contributed by atoms with van der Waals surface area (Å²) in [5.41, 5.74) is 0.799. The molecule has 0 aliphatic heterocycles. The summed E-state index contributed by atoms with van der Waals surface area (Å²) in [5, 5.41) is 3.09. The zero-order chi connectivity index (χ0) is 13.6. The van der Waals surface area contributed by atoms with Gasteiger partial charge in [-0.2, -0.15) is 11.8 Å². The molecule has 0 heterocycles. The van der Waals surface area contributed by atoms with E-state index in [2.05, 4.69) is 10.1 Å². The van der Waals surface area contributed by atoms with E-state index in [9.17, 15) is 13.2 Å². The molecule has 0 bridgehead atoms. The van der Waals surface area contributed by atoms with E-state index >= 15 is 0 Å². The van der Waals surface area contributed by atoms with Crippen LogP contribution in [0, 0.1) is 0 Å². The average molecular weight is 279 g/mol. The van der Waals surface area contributed by atoms with E-state index in [1.807, 2.05) is 6.26 Å². The first kappa shape index (κ1) is 15.2. The largest absolute Gasteiger partial charge is 0.573 e. The van der Waals surface area contributed by atoms with Crippen molar-refractivity contribution in [3.8, 4) is 5.75 Å². The highest BCUT2D eigenvalue weighted by molar-refractivity contribution is 7.98. The molecule has 0 saturated heterocycles. The van der Waals surface area contributed by atoms with E-state index in [4.69, 9.17) is 0 Å². The van der Waals surface area contributed by atoms with Gasteiger partial charge in [-0.3, -0.25) is 0 Å². The topological polar surface area (TPSA) is 21.3 Å². The van der Waals surface area contributed by atoms with Gasteiger partial charge < -0.3 is 10.1 Å². The molecular formula is C12H16F3NOS. The molecule has 1 rings (SSSR count). The summed E-state index contributed by atoms with van der Waals surface area (Å²) < 4.78 is 40.3. The molecule has 0 aromatic heterocycles. The van der Waals surface area contributed by atoms with Crippen LogP contribution in [0.2, 0.25) is 0 Å². The normalized spacial score (nSPS) is 13.4. The Morgan fingerprint density at radius 3 is 2.67 bits per heavy atom. The van der Waals surface area contributed by atoms with Crippen molar-refractivity contribution >= 4 is 11.8 Å². The number of thioether (sulfide) groups is 1. The maximum Gasteiger partial charge on any atom is 0.573 e. The third kappa shape index (κ3) is 5.18. The first-order valence-corrected chi connectivity index (χ1v) is 6.87. The number of hydrogen-bond acceptors (Lipinski definition) is 3. The molecule has 0 spiro atoms. The van der Waals surface area contributed by atoms with Gasteiger partial charge in [-0.05, 0) is 43.2 Å². The Morgan fingerprint density at radius 2 is 2.11 bits per heavy atom. The third-order valence-corrected chi connectivity index (χ3v) is 3.10. The van der Waals surface area contributed by atoms with Gasteiger partial charge in [-0.15, -0.1) is 13.2 Å². The van der Waals surface area contributed by atoms with Gasteiger partial charge in [0.1, 0.15) is 5.75 Å². The molecule has 2 nitrogen and oxygen atoms in total. The molecule has 0 fully saturated rings. The van der Waals surface area contributed by atoms with Crippen LogP contribution in [0.4, 0.5) is 13.2 Å². The van der Waals surface area contributed by atoms with Crippen LogP contribution >= 0.6 is 11.8 Å². The van der Waals surface area contributed by atoms with Gasteiger partial charge in [0, 0.05) is 6.04 Å². The van der Waals surface area contributed by atoms with E-state index in [-0.39, 0.29) is 11.8 Å². The number of nitrogens with one attached hydrogen (secondary N) is 1. The molecule has 1 unspecified atom stereocenters. The lowest BCUT2D eigenvalue weighted by Crippen LogP contribution is -2.19. The smallest absolute Gasteiger partial charge is 0.406 e. The SMILES string of the molecule is CNC(CCSC)c1cccc(OC(F)(F)F)c1. The second-order valence-electron chi connectivity index (χ2n) is 3.74. The molecular weight excluding hydrogens is 263 g/mol. The van der Waals surface area contributed by atoms with Crippen LogP contribution in [0.5, 0.6) is 5.75 Å². The molecule has 1 aromatic carbocycles. The summed E-state index contributed by atoms with van der Waals surface area (Å²) in [6.45, 7) is 0. The lowest BCUT2D eigenvalue weighted by molar-refractivity contribution is -0.274. The minimum absolute atomic E-state index is 0.0363. The van der Waals surface area contributed by atoms with Crippen LogP contribution in [0.25, 0.3) is 0 Å². The summed E-state index contributed by atoms with van der Waals surface area (Å²) >= 11 is 1.70. The molecule has 0 amide bonds. The summed E-state index contributed by atoms with van der Waals surface area (Å²) in [7, 11) is 1.79. The van der Waals surface area contributed by atoms with E-state index in [0.29, 0.717) is 0 Å². The number of ether oxygens (including phenoxy) is 1. The number of rotatable bonds is 6. The van der Waals surface area contributed by atoms with Gasteiger partial charge in [-0.25, -0.2) is 0 Å². The summed E-state index contributed by atoms with van der Waals surface area (Å²) in [6, 6.07) is 6.13. The monoisotopic (exact) mass is 279 g/mol. The zero-order valence-corrected chi connectivity index (χ0v) is 11.1. The molecule has 1 aromatic rings. The fourth-order valence-corrected chi connectivity index (χ4v) is 2.11. The number of halogens is 3. The Morgan fingerprint density at radius 1 is 1.39 bits per heavy atom. The van der Waals surface area contributed by atoms with E-state index < -0.39 is 6.36 Å². The second-order valence-corrected chi connectivity index (χ2v) is 4.73.